The van der Waals surface area contributed by atoms with Crippen LogP contribution in [0.15, 0.2) is 24.3 Å². The Kier molecular flexibility index (Phi) is 7.44. The largest absolute Gasteiger partial charge is 0.573 e. The molecule has 2 aromatic rings. The third-order valence-corrected chi connectivity index (χ3v) is 5.82. The summed E-state index contributed by atoms with van der Waals surface area (Å²) < 4.78 is 41.1. The molecule has 2 aliphatic heterocycles. The van der Waals surface area contributed by atoms with Gasteiger partial charge in [-0.1, -0.05) is 12.1 Å². The predicted molar refractivity (Wildman–Crippen MR) is 126 cm³/mol. The Morgan fingerprint density at radius 3 is 1.69 bits per heavy atom. The Labute approximate surface area is 201 Å². The molecule has 0 radical (unpaired) electrons. The highest BCUT2D eigenvalue weighted by atomic mass is 19.4. The fraction of sp³-hybridized carbons (Fsp3) is 0.571. The molecule has 35 heavy (non-hydrogen) atoms. The van der Waals surface area contributed by atoms with E-state index in [1.807, 2.05) is 9.80 Å². The van der Waals surface area contributed by atoms with Crippen molar-refractivity contribution in [3.63, 3.8) is 0 Å². The summed E-state index contributed by atoms with van der Waals surface area (Å²) in [5.41, 5.74) is 25.4. The number of halogens is 3. The summed E-state index contributed by atoms with van der Waals surface area (Å²) in [6.45, 7) is 2.48. The van der Waals surface area contributed by atoms with Crippen molar-refractivity contribution in [2.45, 2.75) is 49.9 Å². The quantitative estimate of drug-likeness (QED) is 0.368. The molecule has 0 spiro atoms. The van der Waals surface area contributed by atoms with Crippen molar-refractivity contribution < 1.29 is 17.9 Å². The van der Waals surface area contributed by atoms with Gasteiger partial charge < -0.3 is 42.8 Å². The van der Waals surface area contributed by atoms with Crippen LogP contribution >= 0.6 is 0 Å². The lowest BCUT2D eigenvalue weighted by atomic mass is 10.0. The monoisotopic (exact) mass is 496 g/mol. The molecule has 0 amide bonds. The lowest BCUT2D eigenvalue weighted by molar-refractivity contribution is -0.274. The Morgan fingerprint density at radius 1 is 0.800 bits per heavy atom. The Morgan fingerprint density at radius 2 is 1.26 bits per heavy atom. The lowest BCUT2D eigenvalue weighted by Gasteiger charge is -2.37. The molecule has 1 aromatic heterocycles. The average Bonchev–Trinajstić information content (AvgIpc) is 2.76. The van der Waals surface area contributed by atoms with Gasteiger partial charge in [-0.25, -0.2) is 0 Å². The number of ether oxygens (including phenoxy) is 1. The van der Waals surface area contributed by atoms with Crippen LogP contribution in [-0.2, 0) is 6.54 Å². The van der Waals surface area contributed by atoms with Crippen molar-refractivity contribution in [3.8, 4) is 5.75 Å². The Hall–Kier alpha value is -2.94. The van der Waals surface area contributed by atoms with Crippen LogP contribution in [-0.4, -0.2) is 71.7 Å². The number of rotatable bonds is 6. The maximum absolute atomic E-state index is 12.4. The van der Waals surface area contributed by atoms with Crippen LogP contribution in [0.1, 0.15) is 18.4 Å². The molecular formula is C21H31F3N10O. The first-order valence-electron chi connectivity index (χ1n) is 11.4. The highest BCUT2D eigenvalue weighted by molar-refractivity contribution is 5.47. The van der Waals surface area contributed by atoms with Crippen LogP contribution in [0, 0.1) is 0 Å². The zero-order chi connectivity index (χ0) is 25.2. The van der Waals surface area contributed by atoms with Crippen LogP contribution in [0.5, 0.6) is 5.75 Å². The minimum atomic E-state index is -4.74. The fourth-order valence-corrected chi connectivity index (χ4v) is 4.39. The zero-order valence-corrected chi connectivity index (χ0v) is 19.2. The average molecular weight is 497 g/mol. The van der Waals surface area contributed by atoms with E-state index in [1.165, 1.54) is 24.3 Å². The molecule has 2 fully saturated rings. The predicted octanol–water partition coefficient (Wildman–Crippen LogP) is 0.112. The number of benzene rings is 1. The number of nitrogens with two attached hydrogens (primary N) is 4. The number of alkyl halides is 3. The van der Waals surface area contributed by atoms with Gasteiger partial charge in [-0.15, -0.1) is 13.2 Å². The van der Waals surface area contributed by atoms with Crippen molar-refractivity contribution in [2.24, 2.45) is 22.9 Å². The third-order valence-electron chi connectivity index (χ3n) is 5.82. The molecule has 9 N–H and O–H groups in total. The van der Waals surface area contributed by atoms with E-state index in [-0.39, 0.29) is 36.5 Å². The SMILES string of the molecule is NC1CC(N)CN(c2nc(NCc3ccc(OC(F)(F)F)cc3)nc(N3CC(N)CC(N)C3)n2)C1. The van der Waals surface area contributed by atoms with E-state index in [2.05, 4.69) is 25.0 Å². The van der Waals surface area contributed by atoms with Gasteiger partial charge in [0.2, 0.25) is 17.8 Å². The summed E-state index contributed by atoms with van der Waals surface area (Å²) in [7, 11) is 0. The van der Waals surface area contributed by atoms with E-state index in [1.54, 1.807) is 0 Å². The first-order chi connectivity index (χ1) is 16.5. The molecule has 0 saturated carbocycles. The lowest BCUT2D eigenvalue weighted by Crippen LogP contribution is -2.54. The Bertz CT molecular complexity index is 928. The minimum Gasteiger partial charge on any atom is -0.406 e. The van der Waals surface area contributed by atoms with Gasteiger partial charge in [0.25, 0.3) is 0 Å². The first-order valence-corrected chi connectivity index (χ1v) is 11.4. The van der Waals surface area contributed by atoms with E-state index >= 15 is 0 Å². The van der Waals surface area contributed by atoms with E-state index in [0.29, 0.717) is 62.4 Å². The highest BCUT2D eigenvalue weighted by Gasteiger charge is 2.31. The van der Waals surface area contributed by atoms with Gasteiger partial charge in [0.15, 0.2) is 0 Å². The van der Waals surface area contributed by atoms with E-state index in [9.17, 15) is 13.2 Å². The molecule has 14 heteroatoms. The zero-order valence-electron chi connectivity index (χ0n) is 19.2. The fourth-order valence-electron chi connectivity index (χ4n) is 4.39. The van der Waals surface area contributed by atoms with Gasteiger partial charge in [-0.2, -0.15) is 15.0 Å². The third kappa shape index (κ3) is 7.04. The number of nitrogens with one attached hydrogen (secondary N) is 1. The molecule has 2 saturated heterocycles. The molecule has 0 bridgehead atoms. The normalized spacial score (nSPS) is 25.5. The van der Waals surface area contributed by atoms with Crippen molar-refractivity contribution in [3.05, 3.63) is 29.8 Å². The number of hydrogen-bond donors (Lipinski definition) is 5. The second-order valence-electron chi connectivity index (χ2n) is 9.13. The van der Waals surface area contributed by atoms with Crippen LogP contribution in [0.4, 0.5) is 31.0 Å². The van der Waals surface area contributed by atoms with Gasteiger partial charge in [-0.3, -0.25) is 0 Å². The minimum absolute atomic E-state index is 0.107. The standard InChI is InChI=1S/C21H31F3N10O/c22-21(23,24)35-17-3-1-12(2-4-17)7-29-18-30-19(33-8-13(25)5-14(26)9-33)32-20(31-18)34-10-15(27)6-16(28)11-34/h1-4,13-16H,5-11,25-28H2,(H,29,30,31,32). The van der Waals surface area contributed by atoms with Gasteiger partial charge in [-0.05, 0) is 30.5 Å². The van der Waals surface area contributed by atoms with Crippen molar-refractivity contribution in [2.75, 3.05) is 41.3 Å². The van der Waals surface area contributed by atoms with E-state index in [4.69, 9.17) is 22.9 Å². The van der Waals surface area contributed by atoms with Gasteiger partial charge in [0.1, 0.15) is 5.75 Å². The highest BCUT2D eigenvalue weighted by Crippen LogP contribution is 2.24. The maximum atomic E-state index is 12.4. The summed E-state index contributed by atoms with van der Waals surface area (Å²) in [4.78, 5) is 17.6. The smallest absolute Gasteiger partial charge is 0.406 e. The molecule has 4 rings (SSSR count). The number of aromatic nitrogens is 3. The molecule has 2 aliphatic rings. The summed E-state index contributed by atoms with van der Waals surface area (Å²) in [6.07, 6.45) is -3.32. The molecule has 3 heterocycles. The molecule has 11 nitrogen and oxygen atoms in total. The molecule has 1 aromatic carbocycles. The van der Waals surface area contributed by atoms with Crippen molar-refractivity contribution in [1.29, 1.82) is 0 Å². The second kappa shape index (κ2) is 10.4. The van der Waals surface area contributed by atoms with Crippen LogP contribution < -0.4 is 42.8 Å². The molecule has 192 valence electrons. The summed E-state index contributed by atoms with van der Waals surface area (Å²) in [6, 6.07) is 5.14. The second-order valence-corrected chi connectivity index (χ2v) is 9.13. The first kappa shape index (κ1) is 25.2. The number of nitrogens with zero attached hydrogens (tertiary/aromatic N) is 5. The van der Waals surface area contributed by atoms with Crippen molar-refractivity contribution in [1.82, 2.24) is 15.0 Å². The molecule has 4 atom stereocenters. The van der Waals surface area contributed by atoms with Gasteiger partial charge in [0, 0.05) is 56.9 Å². The molecule has 4 unspecified atom stereocenters. The topological polar surface area (TPSA) is 170 Å². The van der Waals surface area contributed by atoms with E-state index < -0.39 is 6.36 Å². The van der Waals surface area contributed by atoms with Crippen LogP contribution in [0.25, 0.3) is 0 Å². The summed E-state index contributed by atoms with van der Waals surface area (Å²) in [5, 5.41) is 3.13. The van der Waals surface area contributed by atoms with Gasteiger partial charge in [0.05, 0.1) is 0 Å². The molecule has 0 aliphatic carbocycles. The Balaban J connectivity index is 1.54. The molecular weight excluding hydrogens is 465 g/mol. The summed E-state index contributed by atoms with van der Waals surface area (Å²) >= 11 is 0. The van der Waals surface area contributed by atoms with Crippen LogP contribution in [0.3, 0.4) is 0 Å². The van der Waals surface area contributed by atoms with E-state index in [0.717, 1.165) is 0 Å². The number of piperidine rings is 2. The number of hydrogen-bond acceptors (Lipinski definition) is 11. The van der Waals surface area contributed by atoms with Crippen LogP contribution in [0.2, 0.25) is 0 Å². The van der Waals surface area contributed by atoms with Crippen molar-refractivity contribution >= 4 is 17.8 Å². The number of anilines is 3. The van der Waals surface area contributed by atoms with Gasteiger partial charge >= 0.3 is 6.36 Å². The summed E-state index contributed by atoms with van der Waals surface area (Å²) in [5.74, 6) is 0.886. The maximum Gasteiger partial charge on any atom is 0.573 e.